The van der Waals surface area contributed by atoms with Crippen molar-refractivity contribution in [2.24, 2.45) is 5.92 Å². The molecule has 3 rings (SSSR count). The number of ether oxygens (including phenoxy) is 1. The van der Waals surface area contributed by atoms with Crippen LogP contribution in [0.2, 0.25) is 0 Å². The van der Waals surface area contributed by atoms with Crippen LogP contribution in [0.1, 0.15) is 29.8 Å². The standard InChI is InChI=1S/C20H24N2O3S/c1-13(2)18(23)21-19-16(20(24)22-9-11-25-12-10-22)14(3)17(26-19)15-7-5-4-6-8-15/h4-8,13H,9-12H2,1-3H3,(H,21,23). The van der Waals surface area contributed by atoms with E-state index in [4.69, 9.17) is 4.74 Å². The lowest BCUT2D eigenvalue weighted by atomic mass is 10.1. The van der Waals surface area contributed by atoms with Gasteiger partial charge in [-0.25, -0.2) is 0 Å². The van der Waals surface area contributed by atoms with Crippen LogP contribution < -0.4 is 5.32 Å². The van der Waals surface area contributed by atoms with Gasteiger partial charge >= 0.3 is 0 Å². The van der Waals surface area contributed by atoms with Crippen LogP contribution in [-0.4, -0.2) is 43.0 Å². The van der Waals surface area contributed by atoms with Gasteiger partial charge in [-0.2, -0.15) is 0 Å². The molecular weight excluding hydrogens is 348 g/mol. The maximum atomic E-state index is 13.2. The predicted molar refractivity (Wildman–Crippen MR) is 105 cm³/mol. The average molecular weight is 372 g/mol. The Labute approximate surface area is 158 Å². The molecule has 1 fully saturated rings. The summed E-state index contributed by atoms with van der Waals surface area (Å²) < 4.78 is 5.36. The first-order valence-corrected chi connectivity index (χ1v) is 9.67. The first-order valence-electron chi connectivity index (χ1n) is 8.85. The van der Waals surface area contributed by atoms with E-state index >= 15 is 0 Å². The first-order chi connectivity index (χ1) is 12.5. The van der Waals surface area contributed by atoms with Crippen molar-refractivity contribution in [1.82, 2.24) is 4.90 Å². The molecule has 2 heterocycles. The summed E-state index contributed by atoms with van der Waals surface area (Å²) in [6.45, 7) is 7.90. The van der Waals surface area contributed by atoms with Crippen LogP contribution in [0.15, 0.2) is 30.3 Å². The third kappa shape index (κ3) is 3.81. The lowest BCUT2D eigenvalue weighted by Gasteiger charge is -2.27. The van der Waals surface area contributed by atoms with Gasteiger partial charge in [-0.3, -0.25) is 9.59 Å². The van der Waals surface area contributed by atoms with Crippen molar-refractivity contribution in [3.05, 3.63) is 41.5 Å². The summed E-state index contributed by atoms with van der Waals surface area (Å²) in [4.78, 5) is 28.3. The van der Waals surface area contributed by atoms with Gasteiger partial charge in [-0.15, -0.1) is 11.3 Å². The van der Waals surface area contributed by atoms with E-state index < -0.39 is 0 Å². The lowest BCUT2D eigenvalue weighted by Crippen LogP contribution is -2.41. The maximum Gasteiger partial charge on any atom is 0.257 e. The van der Waals surface area contributed by atoms with E-state index in [1.807, 2.05) is 51.1 Å². The third-order valence-corrected chi connectivity index (χ3v) is 5.71. The first kappa shape index (κ1) is 18.6. The number of hydrogen-bond acceptors (Lipinski definition) is 4. The highest BCUT2D eigenvalue weighted by molar-refractivity contribution is 7.20. The van der Waals surface area contributed by atoms with E-state index in [9.17, 15) is 9.59 Å². The van der Waals surface area contributed by atoms with Gasteiger partial charge in [0.25, 0.3) is 5.91 Å². The number of morpholine rings is 1. The summed E-state index contributed by atoms with van der Waals surface area (Å²) in [6.07, 6.45) is 0. The van der Waals surface area contributed by atoms with Crippen LogP contribution in [0.3, 0.4) is 0 Å². The Kier molecular flexibility index (Phi) is 5.74. The molecule has 5 nitrogen and oxygen atoms in total. The molecule has 1 N–H and O–H groups in total. The summed E-state index contributed by atoms with van der Waals surface area (Å²) in [5.74, 6) is -0.269. The Balaban J connectivity index is 2.03. The molecule has 2 amide bonds. The molecule has 6 heteroatoms. The van der Waals surface area contributed by atoms with Crippen molar-refractivity contribution in [1.29, 1.82) is 0 Å². The minimum Gasteiger partial charge on any atom is -0.378 e. The zero-order valence-corrected chi connectivity index (χ0v) is 16.2. The highest BCUT2D eigenvalue weighted by Crippen LogP contribution is 2.40. The second kappa shape index (κ2) is 8.01. The minimum atomic E-state index is -0.149. The molecule has 0 atom stereocenters. The zero-order chi connectivity index (χ0) is 18.7. The number of hydrogen-bond donors (Lipinski definition) is 1. The van der Waals surface area contributed by atoms with E-state index in [0.29, 0.717) is 36.9 Å². The average Bonchev–Trinajstić information content (AvgIpc) is 2.98. The molecular formula is C20H24N2O3S. The predicted octanol–water partition coefficient (Wildman–Crippen LogP) is 3.79. The molecule has 0 bridgehead atoms. The van der Waals surface area contributed by atoms with Gasteiger partial charge in [-0.05, 0) is 18.1 Å². The van der Waals surface area contributed by atoms with Crippen molar-refractivity contribution in [2.75, 3.05) is 31.6 Å². The lowest BCUT2D eigenvalue weighted by molar-refractivity contribution is -0.118. The fourth-order valence-corrected chi connectivity index (χ4v) is 4.11. The van der Waals surface area contributed by atoms with E-state index in [1.54, 1.807) is 4.90 Å². The second-order valence-corrected chi connectivity index (χ2v) is 7.70. The Hall–Kier alpha value is -2.18. The molecule has 2 aromatic rings. The molecule has 138 valence electrons. The minimum absolute atomic E-state index is 0.0386. The number of carbonyl (C=O) groups is 2. The molecule has 0 aliphatic carbocycles. The van der Waals surface area contributed by atoms with Gasteiger partial charge in [0.1, 0.15) is 5.00 Å². The third-order valence-electron chi connectivity index (χ3n) is 4.46. The van der Waals surface area contributed by atoms with Gasteiger partial charge in [-0.1, -0.05) is 44.2 Å². The summed E-state index contributed by atoms with van der Waals surface area (Å²) in [5.41, 5.74) is 2.57. The topological polar surface area (TPSA) is 58.6 Å². The molecule has 26 heavy (non-hydrogen) atoms. The van der Waals surface area contributed by atoms with Crippen LogP contribution in [0.25, 0.3) is 10.4 Å². The molecule has 0 unspecified atom stereocenters. The number of benzene rings is 1. The second-order valence-electron chi connectivity index (χ2n) is 6.67. The Morgan fingerprint density at radius 3 is 2.42 bits per heavy atom. The van der Waals surface area contributed by atoms with E-state index in [0.717, 1.165) is 16.0 Å². The van der Waals surface area contributed by atoms with Gasteiger partial charge in [0, 0.05) is 23.9 Å². The number of amides is 2. The fourth-order valence-electron chi connectivity index (χ4n) is 2.90. The molecule has 0 radical (unpaired) electrons. The van der Waals surface area contributed by atoms with Crippen molar-refractivity contribution in [3.8, 4) is 10.4 Å². The Morgan fingerprint density at radius 1 is 1.15 bits per heavy atom. The SMILES string of the molecule is Cc1c(-c2ccccc2)sc(NC(=O)C(C)C)c1C(=O)N1CCOCC1. The molecule has 1 aliphatic rings. The summed E-state index contributed by atoms with van der Waals surface area (Å²) in [6, 6.07) is 9.97. The number of nitrogens with zero attached hydrogens (tertiary/aromatic N) is 1. The number of rotatable bonds is 4. The maximum absolute atomic E-state index is 13.2. The Morgan fingerprint density at radius 2 is 1.81 bits per heavy atom. The molecule has 1 saturated heterocycles. The van der Waals surface area contributed by atoms with E-state index in [-0.39, 0.29) is 17.7 Å². The number of nitrogens with one attached hydrogen (secondary N) is 1. The monoisotopic (exact) mass is 372 g/mol. The quantitative estimate of drug-likeness (QED) is 0.888. The van der Waals surface area contributed by atoms with Gasteiger partial charge in [0.15, 0.2) is 0 Å². The number of thiophene rings is 1. The molecule has 0 spiro atoms. The van der Waals surface area contributed by atoms with E-state index in [2.05, 4.69) is 5.32 Å². The van der Waals surface area contributed by atoms with Crippen molar-refractivity contribution in [2.45, 2.75) is 20.8 Å². The van der Waals surface area contributed by atoms with Crippen LogP contribution in [0.4, 0.5) is 5.00 Å². The van der Waals surface area contributed by atoms with Gasteiger partial charge in [0.05, 0.1) is 18.8 Å². The number of anilines is 1. The highest BCUT2D eigenvalue weighted by atomic mass is 32.1. The molecule has 0 saturated carbocycles. The molecule has 1 aromatic heterocycles. The fraction of sp³-hybridized carbons (Fsp3) is 0.400. The van der Waals surface area contributed by atoms with Crippen LogP contribution in [0, 0.1) is 12.8 Å². The van der Waals surface area contributed by atoms with Crippen molar-refractivity contribution < 1.29 is 14.3 Å². The van der Waals surface area contributed by atoms with Crippen LogP contribution >= 0.6 is 11.3 Å². The van der Waals surface area contributed by atoms with E-state index in [1.165, 1.54) is 11.3 Å². The number of carbonyl (C=O) groups excluding carboxylic acids is 2. The molecule has 1 aromatic carbocycles. The van der Waals surface area contributed by atoms with Gasteiger partial charge in [0.2, 0.25) is 5.91 Å². The van der Waals surface area contributed by atoms with Crippen molar-refractivity contribution >= 4 is 28.2 Å². The summed E-state index contributed by atoms with van der Waals surface area (Å²) in [5, 5.41) is 3.60. The molecule has 1 aliphatic heterocycles. The van der Waals surface area contributed by atoms with Crippen molar-refractivity contribution in [3.63, 3.8) is 0 Å². The van der Waals surface area contributed by atoms with Gasteiger partial charge < -0.3 is 15.0 Å². The largest absolute Gasteiger partial charge is 0.378 e. The smallest absolute Gasteiger partial charge is 0.257 e. The Bertz CT molecular complexity index is 793. The summed E-state index contributed by atoms with van der Waals surface area (Å²) in [7, 11) is 0. The van der Waals surface area contributed by atoms with Crippen LogP contribution in [-0.2, 0) is 9.53 Å². The normalized spacial score (nSPS) is 14.5. The summed E-state index contributed by atoms with van der Waals surface area (Å²) >= 11 is 1.47. The zero-order valence-electron chi connectivity index (χ0n) is 15.4. The highest BCUT2D eigenvalue weighted by Gasteiger charge is 2.28. The van der Waals surface area contributed by atoms with Crippen LogP contribution in [0.5, 0.6) is 0 Å².